The molecule has 1 atom stereocenters. The summed E-state index contributed by atoms with van der Waals surface area (Å²) in [6.07, 6.45) is 5.65. The molecule has 1 heterocycles. The van der Waals surface area contributed by atoms with E-state index in [1.807, 2.05) is 6.20 Å². The van der Waals surface area contributed by atoms with E-state index in [2.05, 4.69) is 44.1 Å². The third kappa shape index (κ3) is 3.60. The number of hydrogen-bond donors (Lipinski definition) is 1. The predicted octanol–water partition coefficient (Wildman–Crippen LogP) is 3.54. The average molecular weight is 220 g/mol. The lowest BCUT2D eigenvalue weighted by molar-refractivity contribution is 0.482. The summed E-state index contributed by atoms with van der Waals surface area (Å²) >= 11 is 0. The molecule has 0 aliphatic rings. The molecule has 0 spiro atoms. The highest BCUT2D eigenvalue weighted by Gasteiger charge is 2.13. The van der Waals surface area contributed by atoms with E-state index in [0.29, 0.717) is 6.04 Å². The van der Waals surface area contributed by atoms with Crippen LogP contribution in [0.4, 0.5) is 0 Å². The van der Waals surface area contributed by atoms with Gasteiger partial charge in [-0.2, -0.15) is 0 Å². The van der Waals surface area contributed by atoms with Gasteiger partial charge in [-0.15, -0.1) is 0 Å². The van der Waals surface area contributed by atoms with Crippen LogP contribution in [0, 0.1) is 13.8 Å². The first-order chi connectivity index (χ1) is 7.69. The van der Waals surface area contributed by atoms with Crippen LogP contribution in [0.5, 0.6) is 0 Å². The van der Waals surface area contributed by atoms with Crippen molar-refractivity contribution in [2.75, 3.05) is 6.54 Å². The highest BCUT2D eigenvalue weighted by Crippen LogP contribution is 2.21. The van der Waals surface area contributed by atoms with Crippen molar-refractivity contribution in [1.82, 2.24) is 10.3 Å². The van der Waals surface area contributed by atoms with Crippen LogP contribution in [0.25, 0.3) is 0 Å². The third-order valence-corrected chi connectivity index (χ3v) is 2.88. The van der Waals surface area contributed by atoms with Crippen molar-refractivity contribution in [3.05, 3.63) is 29.1 Å². The number of rotatable bonds is 6. The molecule has 1 rings (SSSR count). The van der Waals surface area contributed by atoms with Crippen molar-refractivity contribution in [3.63, 3.8) is 0 Å². The minimum atomic E-state index is 0.422. The largest absolute Gasteiger partial charge is 0.309 e. The summed E-state index contributed by atoms with van der Waals surface area (Å²) in [4.78, 5) is 4.59. The van der Waals surface area contributed by atoms with Gasteiger partial charge in [-0.05, 0) is 37.9 Å². The second-order valence-electron chi connectivity index (χ2n) is 4.47. The van der Waals surface area contributed by atoms with Crippen molar-refractivity contribution in [2.45, 2.75) is 53.0 Å². The van der Waals surface area contributed by atoms with Crippen LogP contribution in [-0.2, 0) is 0 Å². The number of nitrogens with one attached hydrogen (secondary N) is 1. The number of pyridine rings is 1. The average Bonchev–Trinajstić information content (AvgIpc) is 2.25. The molecule has 1 aromatic heterocycles. The van der Waals surface area contributed by atoms with Crippen molar-refractivity contribution in [2.24, 2.45) is 0 Å². The van der Waals surface area contributed by atoms with Crippen LogP contribution in [0.1, 0.15) is 56.0 Å². The summed E-state index contributed by atoms with van der Waals surface area (Å²) in [5.74, 6) is 0. The molecule has 90 valence electrons. The minimum Gasteiger partial charge on any atom is -0.309 e. The molecule has 1 unspecified atom stereocenters. The van der Waals surface area contributed by atoms with E-state index in [-0.39, 0.29) is 0 Å². The molecule has 0 aliphatic carbocycles. The lowest BCUT2D eigenvalue weighted by atomic mass is 10.0. The number of unbranched alkanes of at least 4 members (excludes halogenated alkanes) is 1. The molecule has 0 amide bonds. The summed E-state index contributed by atoms with van der Waals surface area (Å²) < 4.78 is 0. The van der Waals surface area contributed by atoms with Gasteiger partial charge in [-0.25, -0.2) is 0 Å². The SMILES string of the molecule is CCCCC(NCC)c1ncc(C)cc1C. The van der Waals surface area contributed by atoms with Gasteiger partial charge in [0.25, 0.3) is 0 Å². The van der Waals surface area contributed by atoms with E-state index in [1.165, 1.54) is 36.1 Å². The fourth-order valence-corrected chi connectivity index (χ4v) is 2.08. The molecule has 0 aromatic carbocycles. The first-order valence-electron chi connectivity index (χ1n) is 6.35. The Bertz CT molecular complexity index is 321. The zero-order chi connectivity index (χ0) is 12.0. The Hall–Kier alpha value is -0.890. The maximum Gasteiger partial charge on any atom is 0.0602 e. The molecule has 0 bridgehead atoms. The molecule has 1 N–H and O–H groups in total. The van der Waals surface area contributed by atoms with Crippen molar-refractivity contribution in [1.29, 1.82) is 0 Å². The van der Waals surface area contributed by atoms with Crippen LogP contribution in [0.2, 0.25) is 0 Å². The molecule has 0 aliphatic heterocycles. The molecule has 1 aromatic rings. The number of aromatic nitrogens is 1. The fraction of sp³-hybridized carbons (Fsp3) is 0.643. The number of hydrogen-bond acceptors (Lipinski definition) is 2. The normalized spacial score (nSPS) is 12.8. The summed E-state index contributed by atoms with van der Waals surface area (Å²) in [6, 6.07) is 2.64. The summed E-state index contributed by atoms with van der Waals surface area (Å²) in [5, 5.41) is 3.53. The predicted molar refractivity (Wildman–Crippen MR) is 69.7 cm³/mol. The topological polar surface area (TPSA) is 24.9 Å². The molecule has 2 heteroatoms. The Balaban J connectivity index is 2.82. The van der Waals surface area contributed by atoms with E-state index in [0.717, 1.165) is 6.54 Å². The molecular weight excluding hydrogens is 196 g/mol. The summed E-state index contributed by atoms with van der Waals surface area (Å²) in [6.45, 7) is 9.65. The first kappa shape index (κ1) is 13.2. The highest BCUT2D eigenvalue weighted by atomic mass is 14.9. The van der Waals surface area contributed by atoms with Gasteiger partial charge in [-0.1, -0.05) is 32.8 Å². The molecular formula is C14H24N2. The Morgan fingerprint density at radius 1 is 1.31 bits per heavy atom. The maximum absolute atomic E-state index is 4.59. The molecule has 0 radical (unpaired) electrons. The van der Waals surface area contributed by atoms with Crippen LogP contribution in [0.3, 0.4) is 0 Å². The van der Waals surface area contributed by atoms with E-state index in [1.54, 1.807) is 0 Å². The Labute approximate surface area is 99.5 Å². The standard InChI is InChI=1S/C14H24N2/c1-5-7-8-13(15-6-2)14-12(4)9-11(3)10-16-14/h9-10,13,15H,5-8H2,1-4H3. The van der Waals surface area contributed by atoms with Crippen LogP contribution < -0.4 is 5.32 Å². The fourth-order valence-electron chi connectivity index (χ4n) is 2.08. The smallest absolute Gasteiger partial charge is 0.0602 e. The minimum absolute atomic E-state index is 0.422. The van der Waals surface area contributed by atoms with Gasteiger partial charge in [0, 0.05) is 12.2 Å². The third-order valence-electron chi connectivity index (χ3n) is 2.88. The van der Waals surface area contributed by atoms with Crippen LogP contribution >= 0.6 is 0 Å². The Morgan fingerprint density at radius 2 is 2.06 bits per heavy atom. The maximum atomic E-state index is 4.59. The van der Waals surface area contributed by atoms with Gasteiger partial charge in [0.15, 0.2) is 0 Å². The zero-order valence-electron chi connectivity index (χ0n) is 11.0. The van der Waals surface area contributed by atoms with Crippen molar-refractivity contribution in [3.8, 4) is 0 Å². The van der Waals surface area contributed by atoms with Gasteiger partial charge >= 0.3 is 0 Å². The summed E-state index contributed by atoms with van der Waals surface area (Å²) in [5.41, 5.74) is 3.77. The van der Waals surface area contributed by atoms with Crippen LogP contribution in [0.15, 0.2) is 12.3 Å². The van der Waals surface area contributed by atoms with Crippen molar-refractivity contribution >= 4 is 0 Å². The molecule has 0 saturated carbocycles. The van der Waals surface area contributed by atoms with Gasteiger partial charge in [0.2, 0.25) is 0 Å². The monoisotopic (exact) mass is 220 g/mol. The second-order valence-corrected chi connectivity index (χ2v) is 4.47. The molecule has 0 saturated heterocycles. The Kier molecular flexibility index (Phi) is 5.47. The van der Waals surface area contributed by atoms with Gasteiger partial charge in [0.1, 0.15) is 0 Å². The Morgan fingerprint density at radius 3 is 2.62 bits per heavy atom. The zero-order valence-corrected chi connectivity index (χ0v) is 11.0. The highest BCUT2D eigenvalue weighted by molar-refractivity contribution is 5.25. The number of nitrogens with zero attached hydrogens (tertiary/aromatic N) is 1. The van der Waals surface area contributed by atoms with Gasteiger partial charge < -0.3 is 5.32 Å². The molecule has 16 heavy (non-hydrogen) atoms. The lowest BCUT2D eigenvalue weighted by Crippen LogP contribution is -2.22. The quantitative estimate of drug-likeness (QED) is 0.793. The summed E-state index contributed by atoms with van der Waals surface area (Å²) in [7, 11) is 0. The van der Waals surface area contributed by atoms with E-state index in [9.17, 15) is 0 Å². The van der Waals surface area contributed by atoms with Gasteiger partial charge in [0.05, 0.1) is 5.69 Å². The van der Waals surface area contributed by atoms with E-state index < -0.39 is 0 Å². The number of aryl methyl sites for hydroxylation is 2. The first-order valence-corrected chi connectivity index (χ1v) is 6.35. The molecule has 2 nitrogen and oxygen atoms in total. The second kappa shape index (κ2) is 6.64. The van der Waals surface area contributed by atoms with E-state index in [4.69, 9.17) is 0 Å². The van der Waals surface area contributed by atoms with Crippen LogP contribution in [-0.4, -0.2) is 11.5 Å². The van der Waals surface area contributed by atoms with E-state index >= 15 is 0 Å². The lowest BCUT2D eigenvalue weighted by Gasteiger charge is -2.19. The van der Waals surface area contributed by atoms with Crippen molar-refractivity contribution < 1.29 is 0 Å². The molecule has 0 fully saturated rings. The van der Waals surface area contributed by atoms with Gasteiger partial charge in [-0.3, -0.25) is 4.98 Å².